The Balaban J connectivity index is 1.62. The van der Waals surface area contributed by atoms with Gasteiger partial charge in [0.2, 0.25) is 0 Å². The first kappa shape index (κ1) is 25.0. The van der Waals surface area contributed by atoms with Crippen molar-refractivity contribution in [3.05, 3.63) is 88.5 Å². The van der Waals surface area contributed by atoms with Crippen molar-refractivity contribution in [1.29, 1.82) is 0 Å². The van der Waals surface area contributed by atoms with E-state index in [1.54, 1.807) is 0 Å². The van der Waals surface area contributed by atoms with Crippen molar-refractivity contribution in [2.75, 3.05) is 6.61 Å². The van der Waals surface area contributed by atoms with E-state index in [-0.39, 0.29) is 29.4 Å². The van der Waals surface area contributed by atoms with Crippen molar-refractivity contribution in [2.45, 2.75) is 32.0 Å². The van der Waals surface area contributed by atoms with Crippen LogP contribution in [0.15, 0.2) is 42.5 Å². The van der Waals surface area contributed by atoms with Crippen molar-refractivity contribution < 1.29 is 44.6 Å². The van der Waals surface area contributed by atoms with Gasteiger partial charge in [-0.3, -0.25) is 0 Å². The van der Waals surface area contributed by atoms with Crippen LogP contribution in [0.2, 0.25) is 0 Å². The Bertz CT molecular complexity index is 1210. The third-order valence-corrected chi connectivity index (χ3v) is 5.72. The van der Waals surface area contributed by atoms with Crippen LogP contribution in [0.25, 0.3) is 11.1 Å². The molecule has 1 fully saturated rings. The van der Waals surface area contributed by atoms with E-state index in [1.807, 2.05) is 6.92 Å². The second-order valence-electron chi connectivity index (χ2n) is 8.38. The molecule has 0 aliphatic carbocycles. The molecule has 0 N–H and O–H groups in total. The van der Waals surface area contributed by atoms with Crippen LogP contribution < -0.4 is 4.74 Å². The van der Waals surface area contributed by atoms with Gasteiger partial charge in [-0.2, -0.15) is 8.78 Å². The van der Waals surface area contributed by atoms with Crippen molar-refractivity contribution in [2.24, 2.45) is 5.92 Å². The first-order chi connectivity index (χ1) is 16.5. The van der Waals surface area contributed by atoms with E-state index in [4.69, 9.17) is 4.74 Å². The highest BCUT2D eigenvalue weighted by Crippen LogP contribution is 2.39. The van der Waals surface area contributed by atoms with Crippen LogP contribution in [0.4, 0.5) is 35.1 Å². The van der Waals surface area contributed by atoms with E-state index in [9.17, 15) is 35.1 Å². The van der Waals surface area contributed by atoms with Crippen molar-refractivity contribution in [3.8, 4) is 16.9 Å². The largest absolute Gasteiger partial charge is 0.432 e. The summed E-state index contributed by atoms with van der Waals surface area (Å²) in [6, 6.07) is 5.12. The van der Waals surface area contributed by atoms with E-state index >= 15 is 0 Å². The van der Waals surface area contributed by atoms with Crippen LogP contribution in [0.1, 0.15) is 37.0 Å². The van der Waals surface area contributed by atoms with Gasteiger partial charge in [0.05, 0.1) is 6.10 Å². The maximum Gasteiger partial charge on any atom is 0.432 e. The minimum Gasteiger partial charge on any atom is -0.429 e. The SMILES string of the molecule is CC1CCC(c2ccc(-c3cc(F)c(C(F)(F)Oc4cc(F)c(F)c(F)c4)c(F)c3)c(F)c2)OC1. The molecule has 0 radical (unpaired) electrons. The highest BCUT2D eigenvalue weighted by Gasteiger charge is 2.41. The van der Waals surface area contributed by atoms with Gasteiger partial charge in [-0.15, -0.1) is 0 Å². The Hall–Kier alpha value is -3.14. The lowest BCUT2D eigenvalue weighted by Gasteiger charge is -2.27. The molecule has 1 saturated heterocycles. The fourth-order valence-corrected chi connectivity index (χ4v) is 3.91. The van der Waals surface area contributed by atoms with Crippen molar-refractivity contribution in [1.82, 2.24) is 0 Å². The summed E-state index contributed by atoms with van der Waals surface area (Å²) in [7, 11) is 0. The lowest BCUT2D eigenvalue weighted by Crippen LogP contribution is -2.25. The second-order valence-corrected chi connectivity index (χ2v) is 8.38. The molecule has 2 atom stereocenters. The Labute approximate surface area is 195 Å². The van der Waals surface area contributed by atoms with Crippen molar-refractivity contribution >= 4 is 0 Å². The molecule has 0 bridgehead atoms. The lowest BCUT2D eigenvalue weighted by atomic mass is 9.94. The first-order valence-corrected chi connectivity index (χ1v) is 10.6. The zero-order chi connectivity index (χ0) is 25.5. The second kappa shape index (κ2) is 9.49. The summed E-state index contributed by atoms with van der Waals surface area (Å²) in [6.07, 6.45) is -3.50. The van der Waals surface area contributed by atoms with Gasteiger partial charge in [0.25, 0.3) is 0 Å². The van der Waals surface area contributed by atoms with Crippen LogP contribution in [0.5, 0.6) is 5.75 Å². The minimum absolute atomic E-state index is 0.101. The summed E-state index contributed by atoms with van der Waals surface area (Å²) in [5.74, 6) is -10.8. The molecule has 2 unspecified atom stereocenters. The summed E-state index contributed by atoms with van der Waals surface area (Å²) in [5.41, 5.74) is -1.93. The third kappa shape index (κ3) is 5.12. The predicted molar refractivity (Wildman–Crippen MR) is 110 cm³/mol. The average Bonchev–Trinajstić information content (AvgIpc) is 2.76. The highest BCUT2D eigenvalue weighted by molar-refractivity contribution is 5.65. The Morgan fingerprint density at radius 3 is 1.97 bits per heavy atom. The minimum atomic E-state index is -4.73. The monoisotopic (exact) mass is 502 g/mol. The number of alkyl halides is 2. The summed E-state index contributed by atoms with van der Waals surface area (Å²) in [5, 5.41) is 0. The number of halogens is 8. The van der Waals surface area contributed by atoms with E-state index in [0.717, 1.165) is 12.5 Å². The molecule has 1 aliphatic rings. The molecule has 1 aliphatic heterocycles. The van der Waals surface area contributed by atoms with Crippen LogP contribution in [-0.4, -0.2) is 6.61 Å². The fourth-order valence-electron chi connectivity index (χ4n) is 3.91. The zero-order valence-corrected chi connectivity index (χ0v) is 18.2. The molecule has 0 spiro atoms. The smallest absolute Gasteiger partial charge is 0.429 e. The zero-order valence-electron chi connectivity index (χ0n) is 18.2. The van der Waals surface area contributed by atoms with Crippen LogP contribution in [0.3, 0.4) is 0 Å². The molecule has 0 amide bonds. The van der Waals surface area contributed by atoms with E-state index in [2.05, 4.69) is 4.74 Å². The normalized spacial score (nSPS) is 18.5. The van der Waals surface area contributed by atoms with Gasteiger partial charge in [-0.05, 0) is 48.1 Å². The number of rotatable bonds is 5. The predicted octanol–water partition coefficient (Wildman–Crippen LogP) is 7.80. The number of ether oxygens (including phenoxy) is 2. The molecule has 1 heterocycles. The fraction of sp³-hybridized carbons (Fsp3) is 0.280. The quantitative estimate of drug-likeness (QED) is 0.262. The van der Waals surface area contributed by atoms with Crippen LogP contribution in [0, 0.1) is 40.8 Å². The summed E-state index contributed by atoms with van der Waals surface area (Å²) in [6.45, 7) is 2.54. The van der Waals surface area contributed by atoms with Gasteiger partial charge in [0.1, 0.15) is 28.8 Å². The van der Waals surface area contributed by atoms with E-state index in [0.29, 0.717) is 36.6 Å². The molecule has 35 heavy (non-hydrogen) atoms. The molecule has 2 nitrogen and oxygen atoms in total. The molecule has 0 aromatic heterocycles. The van der Waals surface area contributed by atoms with Gasteiger partial charge < -0.3 is 9.47 Å². The summed E-state index contributed by atoms with van der Waals surface area (Å²) in [4.78, 5) is 0. The molecule has 10 heteroatoms. The molecule has 186 valence electrons. The van der Waals surface area contributed by atoms with Crippen molar-refractivity contribution in [3.63, 3.8) is 0 Å². The summed E-state index contributed by atoms with van der Waals surface area (Å²) < 4.78 is 122. The first-order valence-electron chi connectivity index (χ1n) is 10.6. The third-order valence-electron chi connectivity index (χ3n) is 5.72. The number of hydrogen-bond donors (Lipinski definition) is 0. The Kier molecular flexibility index (Phi) is 6.77. The number of benzene rings is 3. The highest BCUT2D eigenvalue weighted by atomic mass is 19.3. The molecule has 4 rings (SSSR count). The van der Waals surface area contributed by atoms with Gasteiger partial charge in [0.15, 0.2) is 17.5 Å². The molecule has 3 aromatic carbocycles. The molecular formula is C25H18F8O2. The lowest BCUT2D eigenvalue weighted by molar-refractivity contribution is -0.189. The topological polar surface area (TPSA) is 18.5 Å². The van der Waals surface area contributed by atoms with Crippen LogP contribution in [-0.2, 0) is 10.8 Å². The molecular weight excluding hydrogens is 484 g/mol. The van der Waals surface area contributed by atoms with E-state index in [1.165, 1.54) is 12.1 Å². The van der Waals surface area contributed by atoms with Crippen LogP contribution >= 0.6 is 0 Å². The van der Waals surface area contributed by atoms with E-state index < -0.39 is 52.3 Å². The molecule has 0 saturated carbocycles. The van der Waals surface area contributed by atoms with Gasteiger partial charge in [0, 0.05) is 24.3 Å². The molecule has 3 aromatic rings. The van der Waals surface area contributed by atoms with Gasteiger partial charge in [-0.25, -0.2) is 26.3 Å². The number of hydrogen-bond acceptors (Lipinski definition) is 2. The Morgan fingerprint density at radius 1 is 0.800 bits per heavy atom. The summed E-state index contributed by atoms with van der Waals surface area (Å²) >= 11 is 0. The maximum atomic E-state index is 14.8. The maximum absolute atomic E-state index is 14.8. The average molecular weight is 502 g/mol. The Morgan fingerprint density at radius 2 is 1.43 bits per heavy atom. The van der Waals surface area contributed by atoms with Gasteiger partial charge >= 0.3 is 6.11 Å². The van der Waals surface area contributed by atoms with Gasteiger partial charge in [-0.1, -0.05) is 19.1 Å². The standard InChI is InChI=1S/C25H18F8O2/c1-12-2-5-22(34-11-12)13-3-4-16(17(26)6-13)14-7-18(27)23(19(28)8-14)25(32,33)35-15-9-20(29)24(31)21(30)10-15/h3-4,6-10,12,22H,2,5,11H2,1H3.